The zero-order valence-corrected chi connectivity index (χ0v) is 9.87. The lowest BCUT2D eigenvalue weighted by Gasteiger charge is -2.17. The number of halogens is 1. The molecule has 0 saturated heterocycles. The van der Waals surface area contributed by atoms with Gasteiger partial charge in [-0.1, -0.05) is 13.3 Å². The SMILES string of the molecule is CCCC(Nc1ccc(F)cc1OC)C(=O)O. The number of benzene rings is 1. The smallest absolute Gasteiger partial charge is 0.326 e. The second kappa shape index (κ2) is 6.08. The average Bonchev–Trinajstić information content (AvgIpc) is 2.30. The molecule has 17 heavy (non-hydrogen) atoms. The molecule has 0 heterocycles. The fourth-order valence-electron chi connectivity index (χ4n) is 1.52. The number of carboxylic acid groups (broad SMARTS) is 1. The van der Waals surface area contributed by atoms with Crippen molar-refractivity contribution in [2.24, 2.45) is 0 Å². The second-order valence-electron chi connectivity index (χ2n) is 3.67. The maximum absolute atomic E-state index is 13.0. The molecule has 1 atom stereocenters. The van der Waals surface area contributed by atoms with Crippen molar-refractivity contribution in [3.8, 4) is 5.75 Å². The molecule has 1 unspecified atom stereocenters. The molecule has 1 aromatic carbocycles. The largest absolute Gasteiger partial charge is 0.494 e. The first kappa shape index (κ1) is 13.3. The molecule has 1 aromatic rings. The summed E-state index contributed by atoms with van der Waals surface area (Å²) in [5.74, 6) is -1.06. The van der Waals surface area contributed by atoms with Gasteiger partial charge in [0.15, 0.2) is 0 Å². The first-order valence-electron chi connectivity index (χ1n) is 5.41. The fraction of sp³-hybridized carbons (Fsp3) is 0.417. The van der Waals surface area contributed by atoms with E-state index in [2.05, 4.69) is 5.32 Å². The molecule has 0 spiro atoms. The van der Waals surface area contributed by atoms with Crippen LogP contribution in [0.25, 0.3) is 0 Å². The van der Waals surface area contributed by atoms with Crippen molar-refractivity contribution in [3.63, 3.8) is 0 Å². The number of methoxy groups -OCH3 is 1. The zero-order valence-electron chi connectivity index (χ0n) is 9.87. The number of hydrogen-bond acceptors (Lipinski definition) is 3. The Labute approximate surface area is 99.4 Å². The molecule has 0 aliphatic heterocycles. The molecule has 0 bridgehead atoms. The fourth-order valence-corrected chi connectivity index (χ4v) is 1.52. The van der Waals surface area contributed by atoms with Crippen molar-refractivity contribution in [1.82, 2.24) is 0 Å². The maximum atomic E-state index is 13.0. The molecule has 0 saturated carbocycles. The van der Waals surface area contributed by atoms with Crippen LogP contribution in [0.4, 0.5) is 10.1 Å². The molecule has 5 heteroatoms. The number of carboxylic acids is 1. The van der Waals surface area contributed by atoms with E-state index in [4.69, 9.17) is 9.84 Å². The highest BCUT2D eigenvalue weighted by Gasteiger charge is 2.17. The topological polar surface area (TPSA) is 58.6 Å². The summed E-state index contributed by atoms with van der Waals surface area (Å²) in [6, 6.07) is 3.25. The third-order valence-corrected chi connectivity index (χ3v) is 2.37. The summed E-state index contributed by atoms with van der Waals surface area (Å²) in [6.45, 7) is 1.90. The van der Waals surface area contributed by atoms with Crippen LogP contribution in [0.15, 0.2) is 18.2 Å². The van der Waals surface area contributed by atoms with E-state index in [0.29, 0.717) is 17.9 Å². The first-order valence-corrected chi connectivity index (χ1v) is 5.41. The van der Waals surface area contributed by atoms with Crippen molar-refractivity contribution in [3.05, 3.63) is 24.0 Å². The van der Waals surface area contributed by atoms with Crippen molar-refractivity contribution in [2.75, 3.05) is 12.4 Å². The number of rotatable bonds is 6. The molecule has 0 aliphatic carbocycles. The number of carbonyl (C=O) groups is 1. The van der Waals surface area contributed by atoms with Gasteiger partial charge in [-0.25, -0.2) is 9.18 Å². The molecular weight excluding hydrogens is 225 g/mol. The third kappa shape index (κ3) is 3.62. The highest BCUT2D eigenvalue weighted by atomic mass is 19.1. The predicted molar refractivity (Wildman–Crippen MR) is 62.9 cm³/mol. The lowest BCUT2D eigenvalue weighted by atomic mass is 10.1. The Morgan fingerprint density at radius 2 is 2.29 bits per heavy atom. The van der Waals surface area contributed by atoms with Crippen LogP contribution in [0.3, 0.4) is 0 Å². The Kier molecular flexibility index (Phi) is 4.75. The zero-order chi connectivity index (χ0) is 12.8. The van der Waals surface area contributed by atoms with Gasteiger partial charge in [0.1, 0.15) is 17.6 Å². The van der Waals surface area contributed by atoms with Crippen LogP contribution in [0.5, 0.6) is 5.75 Å². The summed E-state index contributed by atoms with van der Waals surface area (Å²) in [5.41, 5.74) is 0.481. The van der Waals surface area contributed by atoms with Gasteiger partial charge >= 0.3 is 5.97 Å². The van der Waals surface area contributed by atoms with Crippen LogP contribution < -0.4 is 10.1 Å². The van der Waals surface area contributed by atoms with Gasteiger partial charge in [0.05, 0.1) is 12.8 Å². The molecule has 0 aromatic heterocycles. The van der Waals surface area contributed by atoms with Gasteiger partial charge < -0.3 is 15.2 Å². The summed E-state index contributed by atoms with van der Waals surface area (Å²) in [5, 5.41) is 11.8. The molecular formula is C12H16FNO3. The average molecular weight is 241 g/mol. The van der Waals surface area contributed by atoms with Crippen molar-refractivity contribution in [1.29, 1.82) is 0 Å². The Morgan fingerprint density at radius 1 is 1.59 bits per heavy atom. The number of hydrogen-bond donors (Lipinski definition) is 2. The van der Waals surface area contributed by atoms with E-state index in [0.717, 1.165) is 6.42 Å². The van der Waals surface area contributed by atoms with E-state index < -0.39 is 17.8 Å². The highest BCUT2D eigenvalue weighted by molar-refractivity contribution is 5.78. The Morgan fingerprint density at radius 3 is 2.82 bits per heavy atom. The quantitative estimate of drug-likeness (QED) is 0.803. The lowest BCUT2D eigenvalue weighted by molar-refractivity contribution is -0.138. The molecule has 0 radical (unpaired) electrons. The Balaban J connectivity index is 2.88. The van der Waals surface area contributed by atoms with Gasteiger partial charge in [0.25, 0.3) is 0 Å². The van der Waals surface area contributed by atoms with Gasteiger partial charge in [-0.05, 0) is 18.6 Å². The molecule has 94 valence electrons. The van der Waals surface area contributed by atoms with Crippen LogP contribution in [-0.4, -0.2) is 24.2 Å². The summed E-state index contributed by atoms with van der Waals surface area (Å²) < 4.78 is 17.9. The molecule has 4 nitrogen and oxygen atoms in total. The monoisotopic (exact) mass is 241 g/mol. The van der Waals surface area contributed by atoms with E-state index in [-0.39, 0.29) is 0 Å². The van der Waals surface area contributed by atoms with Crippen molar-refractivity contribution < 1.29 is 19.0 Å². The molecule has 0 amide bonds. The van der Waals surface area contributed by atoms with Gasteiger partial charge in [-0.2, -0.15) is 0 Å². The van der Waals surface area contributed by atoms with Gasteiger partial charge in [0, 0.05) is 6.07 Å². The van der Waals surface area contributed by atoms with E-state index in [9.17, 15) is 9.18 Å². The lowest BCUT2D eigenvalue weighted by Crippen LogP contribution is -2.29. The minimum Gasteiger partial charge on any atom is -0.494 e. The normalized spacial score (nSPS) is 11.9. The number of anilines is 1. The molecule has 0 fully saturated rings. The summed E-state index contributed by atoms with van der Waals surface area (Å²) >= 11 is 0. The third-order valence-electron chi connectivity index (χ3n) is 2.37. The van der Waals surface area contributed by atoms with E-state index in [1.54, 1.807) is 0 Å². The van der Waals surface area contributed by atoms with Gasteiger partial charge in [-0.15, -0.1) is 0 Å². The summed E-state index contributed by atoms with van der Waals surface area (Å²) in [6.07, 6.45) is 1.24. The van der Waals surface area contributed by atoms with Crippen LogP contribution in [0, 0.1) is 5.82 Å². The number of nitrogens with one attached hydrogen (secondary N) is 1. The summed E-state index contributed by atoms with van der Waals surface area (Å²) in [7, 11) is 1.41. The minimum absolute atomic E-state index is 0.298. The van der Waals surface area contributed by atoms with Crippen LogP contribution in [0.1, 0.15) is 19.8 Å². The first-order chi connectivity index (χ1) is 8.08. The Bertz CT molecular complexity index is 395. The van der Waals surface area contributed by atoms with Gasteiger partial charge in [0.2, 0.25) is 0 Å². The summed E-state index contributed by atoms with van der Waals surface area (Å²) in [4.78, 5) is 11.0. The van der Waals surface area contributed by atoms with E-state index in [1.807, 2.05) is 6.92 Å². The van der Waals surface area contributed by atoms with Crippen LogP contribution >= 0.6 is 0 Å². The van der Waals surface area contributed by atoms with Crippen molar-refractivity contribution >= 4 is 11.7 Å². The molecule has 2 N–H and O–H groups in total. The highest BCUT2D eigenvalue weighted by Crippen LogP contribution is 2.26. The maximum Gasteiger partial charge on any atom is 0.326 e. The minimum atomic E-state index is -0.932. The predicted octanol–water partition coefficient (Wildman–Crippen LogP) is 2.50. The van der Waals surface area contributed by atoms with E-state index >= 15 is 0 Å². The molecule has 0 aliphatic rings. The van der Waals surface area contributed by atoms with Crippen molar-refractivity contribution in [2.45, 2.75) is 25.8 Å². The van der Waals surface area contributed by atoms with Crippen LogP contribution in [0.2, 0.25) is 0 Å². The number of ether oxygens (including phenoxy) is 1. The molecule has 1 rings (SSSR count). The Hall–Kier alpha value is -1.78. The van der Waals surface area contributed by atoms with Gasteiger partial charge in [-0.3, -0.25) is 0 Å². The van der Waals surface area contributed by atoms with E-state index in [1.165, 1.54) is 25.3 Å². The standard InChI is InChI=1S/C12H16FNO3/c1-3-4-10(12(15)16)14-9-6-5-8(13)7-11(9)17-2/h5-7,10,14H,3-4H2,1-2H3,(H,15,16). The van der Waals surface area contributed by atoms with Crippen LogP contribution in [-0.2, 0) is 4.79 Å². The second-order valence-corrected chi connectivity index (χ2v) is 3.67. The number of aliphatic carboxylic acids is 1.